The van der Waals surface area contributed by atoms with Gasteiger partial charge in [0.2, 0.25) is 0 Å². The van der Waals surface area contributed by atoms with Crippen LogP contribution < -0.4 is 10.1 Å². The molecule has 0 saturated carbocycles. The lowest BCUT2D eigenvalue weighted by Gasteiger charge is -2.08. The summed E-state index contributed by atoms with van der Waals surface area (Å²) in [6.45, 7) is 15.4. The Morgan fingerprint density at radius 1 is 0.795 bits per heavy atom. The number of allylic oxidation sites excluding steroid dienone is 4. The van der Waals surface area contributed by atoms with E-state index in [1.165, 1.54) is 6.08 Å². The smallest absolute Gasteiger partial charge is 0.343 e. The van der Waals surface area contributed by atoms with Gasteiger partial charge in [0.25, 0.3) is 6.47 Å². The Morgan fingerprint density at radius 2 is 1.30 bits per heavy atom. The van der Waals surface area contributed by atoms with Crippen molar-refractivity contribution in [2.24, 2.45) is 0 Å². The van der Waals surface area contributed by atoms with Crippen molar-refractivity contribution in [2.75, 3.05) is 32.2 Å². The fourth-order valence-electron chi connectivity index (χ4n) is 2.91. The molecule has 0 aromatic heterocycles. The van der Waals surface area contributed by atoms with E-state index in [2.05, 4.69) is 23.2 Å². The van der Waals surface area contributed by atoms with Crippen molar-refractivity contribution in [3.05, 3.63) is 109 Å². The molecule has 238 valence electrons. The van der Waals surface area contributed by atoms with Gasteiger partial charge < -0.3 is 29.0 Å². The number of carbonyl (C=O) groups excluding carboxylic acids is 4. The van der Waals surface area contributed by atoms with Crippen LogP contribution in [0.4, 0.5) is 5.69 Å². The van der Waals surface area contributed by atoms with Gasteiger partial charge in [-0.15, -0.1) is 0 Å². The highest BCUT2D eigenvalue weighted by Gasteiger charge is 2.10. The minimum Gasteiger partial charge on any atom is -0.494 e. The SMILES string of the molecule is C=CC(=O)OCCCCOc1ccc(C(=O)O/C(C)=C/C=C(\C)OC(=O)c2ccc(NC)cc2)cc1.C=CCOC=O.CC. The van der Waals surface area contributed by atoms with E-state index in [0.717, 1.165) is 11.8 Å². The second-order valence-corrected chi connectivity index (χ2v) is 8.33. The standard InChI is InChI=1S/C28H31NO7.C4H6O2.C2H6/c1-5-26(30)34-19-7-6-18-33-25-16-12-23(13-17-25)28(32)36-21(3)9-8-20(2)35-27(31)22-10-14-24(29-4)15-11-22;1-2-3-6-4-5;1-2/h5,8-17,29H,1,6-7,18-19H2,2-4H3;2,4H,1,3H2;1-2H3/b20-8+,21-9+;;. The molecular formula is C34H43NO9. The van der Waals surface area contributed by atoms with Crippen LogP contribution >= 0.6 is 0 Å². The number of hydrogen-bond donors (Lipinski definition) is 1. The summed E-state index contributed by atoms with van der Waals surface area (Å²) < 4.78 is 25.3. The molecule has 10 nitrogen and oxygen atoms in total. The topological polar surface area (TPSA) is 126 Å². The van der Waals surface area contributed by atoms with E-state index in [1.807, 2.05) is 13.8 Å². The van der Waals surface area contributed by atoms with Crippen LogP contribution in [0.5, 0.6) is 5.75 Å². The van der Waals surface area contributed by atoms with E-state index in [4.69, 9.17) is 18.9 Å². The molecule has 1 N–H and O–H groups in total. The molecule has 0 saturated heterocycles. The number of rotatable bonds is 16. The minimum atomic E-state index is -0.521. The number of nitrogens with one attached hydrogen (secondary N) is 1. The highest BCUT2D eigenvalue weighted by atomic mass is 16.5. The maximum Gasteiger partial charge on any atom is 0.343 e. The first-order valence-corrected chi connectivity index (χ1v) is 14.0. The predicted molar refractivity (Wildman–Crippen MR) is 170 cm³/mol. The molecule has 0 fully saturated rings. The molecule has 0 bridgehead atoms. The van der Waals surface area contributed by atoms with Crippen LogP contribution in [-0.2, 0) is 28.5 Å². The normalized spacial score (nSPS) is 10.3. The van der Waals surface area contributed by atoms with Gasteiger partial charge in [-0.3, -0.25) is 4.79 Å². The van der Waals surface area contributed by atoms with Gasteiger partial charge in [-0.1, -0.05) is 33.1 Å². The molecule has 0 heterocycles. The second-order valence-electron chi connectivity index (χ2n) is 8.33. The molecule has 0 aliphatic rings. The molecule has 44 heavy (non-hydrogen) atoms. The van der Waals surface area contributed by atoms with Gasteiger partial charge in [0.1, 0.15) is 23.9 Å². The molecule has 10 heteroatoms. The van der Waals surface area contributed by atoms with Crippen LogP contribution in [0.15, 0.2) is 97.5 Å². The van der Waals surface area contributed by atoms with Gasteiger partial charge in [0, 0.05) is 18.8 Å². The van der Waals surface area contributed by atoms with Gasteiger partial charge in [0.15, 0.2) is 0 Å². The Labute approximate surface area is 260 Å². The van der Waals surface area contributed by atoms with E-state index in [-0.39, 0.29) is 0 Å². The fourth-order valence-corrected chi connectivity index (χ4v) is 2.91. The molecule has 0 amide bonds. The summed E-state index contributed by atoms with van der Waals surface area (Å²) in [7, 11) is 1.80. The van der Waals surface area contributed by atoms with E-state index in [9.17, 15) is 19.2 Å². The minimum absolute atomic E-state index is 0.309. The first kappa shape index (κ1) is 38.9. The van der Waals surface area contributed by atoms with Crippen LogP contribution in [0, 0.1) is 0 Å². The van der Waals surface area contributed by atoms with Gasteiger partial charge in [0.05, 0.1) is 24.3 Å². The Morgan fingerprint density at radius 3 is 1.73 bits per heavy atom. The van der Waals surface area contributed by atoms with Gasteiger partial charge >= 0.3 is 17.9 Å². The van der Waals surface area contributed by atoms with Crippen molar-refractivity contribution in [3.63, 3.8) is 0 Å². The molecule has 0 spiro atoms. The molecule has 0 aliphatic heterocycles. The zero-order chi connectivity index (χ0) is 33.2. The highest BCUT2D eigenvalue weighted by Crippen LogP contribution is 2.15. The van der Waals surface area contributed by atoms with Crippen LogP contribution in [-0.4, -0.2) is 51.2 Å². The van der Waals surface area contributed by atoms with E-state index >= 15 is 0 Å². The molecular weight excluding hydrogens is 566 g/mol. The van der Waals surface area contributed by atoms with E-state index < -0.39 is 17.9 Å². The van der Waals surface area contributed by atoms with Gasteiger partial charge in [-0.05, 0) is 87.4 Å². The predicted octanol–water partition coefficient (Wildman–Crippen LogP) is 6.81. The zero-order valence-corrected chi connectivity index (χ0v) is 26.1. The van der Waals surface area contributed by atoms with Crippen molar-refractivity contribution in [1.29, 1.82) is 0 Å². The second kappa shape index (κ2) is 24.5. The summed E-state index contributed by atoms with van der Waals surface area (Å²) in [5.74, 6) is -0.132. The Bertz CT molecular complexity index is 1220. The van der Waals surface area contributed by atoms with E-state index in [1.54, 1.807) is 81.6 Å². The third-order valence-corrected chi connectivity index (χ3v) is 5.06. The van der Waals surface area contributed by atoms with Crippen LogP contribution in [0.3, 0.4) is 0 Å². The van der Waals surface area contributed by atoms with Gasteiger partial charge in [-0.25, -0.2) is 14.4 Å². The molecule has 2 aromatic rings. The summed E-state index contributed by atoms with van der Waals surface area (Å²) in [6, 6.07) is 13.5. The van der Waals surface area contributed by atoms with Crippen molar-refractivity contribution in [2.45, 2.75) is 40.5 Å². The number of hydrogen-bond acceptors (Lipinski definition) is 10. The maximum absolute atomic E-state index is 12.4. The van der Waals surface area contributed by atoms with Crippen molar-refractivity contribution < 1.29 is 42.9 Å². The third kappa shape index (κ3) is 17.6. The van der Waals surface area contributed by atoms with Crippen LogP contribution in [0.25, 0.3) is 0 Å². The van der Waals surface area contributed by atoms with Crippen molar-refractivity contribution in [1.82, 2.24) is 0 Å². The molecule has 0 radical (unpaired) electrons. The summed E-state index contributed by atoms with van der Waals surface area (Å²) in [5.41, 5.74) is 1.68. The molecule has 2 aromatic carbocycles. The van der Waals surface area contributed by atoms with Gasteiger partial charge in [-0.2, -0.15) is 0 Å². The molecule has 0 atom stereocenters. The lowest BCUT2D eigenvalue weighted by molar-refractivity contribution is -0.137. The number of anilines is 1. The number of esters is 3. The fraction of sp³-hybridized carbons (Fsp3) is 0.294. The van der Waals surface area contributed by atoms with Crippen molar-refractivity contribution in [3.8, 4) is 5.75 Å². The lowest BCUT2D eigenvalue weighted by Crippen LogP contribution is -2.05. The summed E-state index contributed by atoms with van der Waals surface area (Å²) in [4.78, 5) is 44.8. The number of benzene rings is 2. The monoisotopic (exact) mass is 609 g/mol. The third-order valence-electron chi connectivity index (χ3n) is 5.06. The maximum atomic E-state index is 12.4. The number of ether oxygens (including phenoxy) is 5. The first-order chi connectivity index (χ1) is 21.2. The highest BCUT2D eigenvalue weighted by molar-refractivity contribution is 5.91. The van der Waals surface area contributed by atoms with Crippen molar-refractivity contribution >= 4 is 30.1 Å². The summed E-state index contributed by atoms with van der Waals surface area (Å²) in [5, 5.41) is 2.98. The van der Waals surface area contributed by atoms with Crippen LogP contribution in [0.1, 0.15) is 61.3 Å². The number of unbranched alkanes of at least 4 members (excludes halogenated alkanes) is 1. The lowest BCUT2D eigenvalue weighted by atomic mass is 10.2. The average molecular weight is 610 g/mol. The average Bonchev–Trinajstić information content (AvgIpc) is 3.05. The van der Waals surface area contributed by atoms with Crippen LogP contribution in [0.2, 0.25) is 0 Å². The first-order valence-electron chi connectivity index (χ1n) is 14.0. The zero-order valence-electron chi connectivity index (χ0n) is 26.1. The summed E-state index contributed by atoms with van der Waals surface area (Å²) >= 11 is 0. The Balaban J connectivity index is 0.00000206. The van der Waals surface area contributed by atoms with E-state index in [0.29, 0.717) is 67.5 Å². The molecule has 0 unspecified atom stereocenters. The quantitative estimate of drug-likeness (QED) is 0.0317. The molecule has 0 aliphatic carbocycles. The Kier molecular flexibility index (Phi) is 21.6. The summed E-state index contributed by atoms with van der Waals surface area (Å²) in [6.07, 6.45) is 7.12. The number of carbonyl (C=O) groups is 4. The largest absolute Gasteiger partial charge is 0.494 e. The Hall–Kier alpha value is -5.12. The molecule has 2 rings (SSSR count).